The number of nitrogens with zero attached hydrogens (tertiary/aromatic N) is 9. The molecule has 0 saturated carbocycles. The smallest absolute Gasteiger partial charge is 0.0627 e. The number of hydrogen-bond acceptors (Lipinski definition) is 4. The first-order valence-electron chi connectivity index (χ1n) is 3.88. The zero-order valence-electron chi connectivity index (χ0n) is 9.14. The molecule has 104 valence electrons. The lowest BCUT2D eigenvalue weighted by molar-refractivity contribution is -0.0328. The van der Waals surface area contributed by atoms with Crippen LogP contribution in [-0.4, -0.2) is 46.9 Å². The quantitative estimate of drug-likeness (QED) is 0.320. The van der Waals surface area contributed by atoms with Crippen LogP contribution >= 0.6 is 0 Å². The third kappa shape index (κ3) is 23.5. The largest absolute Gasteiger partial charge is 0.396 e. The van der Waals surface area contributed by atoms with Crippen LogP contribution in [0.5, 0.6) is 0 Å². The van der Waals surface area contributed by atoms with E-state index in [2.05, 4.69) is 0 Å². The Bertz CT molecular complexity index is 214. The van der Waals surface area contributed by atoms with E-state index in [0.717, 1.165) is 0 Å². The van der Waals surface area contributed by atoms with E-state index in [1.165, 1.54) is 14.7 Å². The molecule has 0 radical (unpaired) electrons. The standard InChI is InChI=1S/C5H12O4.3N3/c6-1-5(2-7,3-8)4-9;3*1-3-2/h6-9H,1-4H2;;;/q;3*-1. The molecule has 0 aromatic carbocycles. The number of aliphatic hydroxyl groups is 4. The lowest BCUT2D eigenvalue weighted by Crippen LogP contribution is -2.37. The maximum atomic E-state index is 8.50. The van der Waals surface area contributed by atoms with Crippen molar-refractivity contribution in [3.05, 3.63) is 47.9 Å². The minimum absolute atomic E-state index is 0.406. The van der Waals surface area contributed by atoms with Crippen LogP contribution in [0.4, 0.5) is 0 Å². The summed E-state index contributed by atoms with van der Waals surface area (Å²) >= 11 is 0. The first kappa shape index (κ1) is 24.8. The number of aliphatic hydroxyl groups excluding tert-OH is 4. The summed E-state index contributed by atoms with van der Waals surface area (Å²) < 4.78 is 0. The van der Waals surface area contributed by atoms with Crippen LogP contribution in [0, 0.1) is 5.41 Å². The molecule has 13 heteroatoms. The highest BCUT2D eigenvalue weighted by molar-refractivity contribution is 4.74. The Morgan fingerprint density at radius 2 is 0.667 bits per heavy atom. The van der Waals surface area contributed by atoms with Gasteiger partial charge < -0.3 is 53.6 Å². The van der Waals surface area contributed by atoms with Crippen LogP contribution in [0.3, 0.4) is 0 Å². The molecule has 4 N–H and O–H groups in total. The van der Waals surface area contributed by atoms with E-state index in [9.17, 15) is 0 Å². The first-order chi connectivity index (χ1) is 8.49. The molecule has 0 bridgehead atoms. The third-order valence-electron chi connectivity index (χ3n) is 1.34. The molecule has 18 heavy (non-hydrogen) atoms. The average Bonchev–Trinajstić information content (AvgIpc) is 2.36. The molecule has 0 aromatic heterocycles. The Kier molecular flexibility index (Phi) is 33.3. The van der Waals surface area contributed by atoms with Crippen molar-refractivity contribution in [2.24, 2.45) is 5.41 Å². The second kappa shape index (κ2) is 24.1. The summed E-state index contributed by atoms with van der Waals surface area (Å²) in [6, 6.07) is 0. The molecule has 0 saturated heterocycles. The van der Waals surface area contributed by atoms with Gasteiger partial charge in [-0.15, -0.1) is 0 Å². The molecule has 0 aliphatic heterocycles. The molecule has 0 unspecified atom stereocenters. The summed E-state index contributed by atoms with van der Waals surface area (Å²) in [5.41, 5.74) is 39.4. The van der Waals surface area contributed by atoms with Gasteiger partial charge in [0.1, 0.15) is 0 Å². The lowest BCUT2D eigenvalue weighted by atomic mass is 9.93. The molecule has 0 aromatic rings. The maximum Gasteiger partial charge on any atom is 0.0627 e. The van der Waals surface area contributed by atoms with E-state index in [4.69, 9.17) is 53.6 Å². The average molecular weight is 262 g/mol. The normalized spacial score (nSPS) is 7.33. The third-order valence-corrected chi connectivity index (χ3v) is 1.34. The fraction of sp³-hybridized carbons (Fsp3) is 1.00. The highest BCUT2D eigenvalue weighted by atomic mass is 16.3. The molecule has 0 amide bonds. The predicted molar refractivity (Wildman–Crippen MR) is 61.0 cm³/mol. The van der Waals surface area contributed by atoms with E-state index in [1.807, 2.05) is 0 Å². The summed E-state index contributed by atoms with van der Waals surface area (Å²) in [4.78, 5) is 4.50. The molecular weight excluding hydrogens is 250 g/mol. The van der Waals surface area contributed by atoms with Gasteiger partial charge in [-0.1, -0.05) is 0 Å². The van der Waals surface area contributed by atoms with Gasteiger partial charge in [0.15, 0.2) is 0 Å². The van der Waals surface area contributed by atoms with Crippen molar-refractivity contribution in [1.82, 2.24) is 0 Å². The van der Waals surface area contributed by atoms with Crippen molar-refractivity contribution in [1.29, 1.82) is 0 Å². The molecule has 0 aliphatic rings. The van der Waals surface area contributed by atoms with Crippen LogP contribution in [0.25, 0.3) is 47.9 Å². The second-order valence-electron chi connectivity index (χ2n) is 2.40. The van der Waals surface area contributed by atoms with Gasteiger partial charge in [-0.2, -0.15) is 0 Å². The second-order valence-corrected chi connectivity index (χ2v) is 2.40. The van der Waals surface area contributed by atoms with E-state index < -0.39 is 31.8 Å². The molecule has 0 rings (SSSR count). The predicted octanol–water partition coefficient (Wildman–Crippen LogP) is 0.540. The van der Waals surface area contributed by atoms with Gasteiger partial charge in [0, 0.05) is 0 Å². The molecule has 0 heterocycles. The van der Waals surface area contributed by atoms with Crippen molar-refractivity contribution in [2.75, 3.05) is 26.4 Å². The van der Waals surface area contributed by atoms with Crippen molar-refractivity contribution < 1.29 is 20.4 Å². The van der Waals surface area contributed by atoms with Gasteiger partial charge in [0.25, 0.3) is 0 Å². The maximum absolute atomic E-state index is 8.50. The Hall–Kier alpha value is -2.23. The fourth-order valence-electron chi connectivity index (χ4n) is 0.300. The van der Waals surface area contributed by atoms with Gasteiger partial charge in [-0.05, 0) is 0 Å². The van der Waals surface area contributed by atoms with Crippen molar-refractivity contribution in [3.8, 4) is 0 Å². The van der Waals surface area contributed by atoms with Gasteiger partial charge in [0.2, 0.25) is 0 Å². The zero-order chi connectivity index (χ0) is 15.4. The van der Waals surface area contributed by atoms with Gasteiger partial charge >= 0.3 is 0 Å². The van der Waals surface area contributed by atoms with Crippen molar-refractivity contribution in [3.63, 3.8) is 0 Å². The summed E-state index contributed by atoms with van der Waals surface area (Å²) in [5.74, 6) is 0. The summed E-state index contributed by atoms with van der Waals surface area (Å²) in [6.45, 7) is -1.62. The van der Waals surface area contributed by atoms with E-state index >= 15 is 0 Å². The van der Waals surface area contributed by atoms with Crippen LogP contribution in [0.15, 0.2) is 0 Å². The first-order valence-corrected chi connectivity index (χ1v) is 3.88. The Labute approximate surface area is 101 Å². The molecule has 0 spiro atoms. The topological polar surface area (TPSA) is 257 Å². The van der Waals surface area contributed by atoms with E-state index in [0.29, 0.717) is 0 Å². The molecule has 0 aliphatic carbocycles. The highest BCUT2D eigenvalue weighted by Crippen LogP contribution is 2.11. The Morgan fingerprint density at radius 1 is 0.556 bits per heavy atom. The monoisotopic (exact) mass is 262 g/mol. The lowest BCUT2D eigenvalue weighted by Gasteiger charge is -2.23. The van der Waals surface area contributed by atoms with Gasteiger partial charge in [-0.3, -0.25) is 14.7 Å². The van der Waals surface area contributed by atoms with Crippen molar-refractivity contribution in [2.45, 2.75) is 0 Å². The zero-order valence-corrected chi connectivity index (χ0v) is 9.14. The molecule has 0 atom stereocenters. The minimum Gasteiger partial charge on any atom is -0.396 e. The van der Waals surface area contributed by atoms with E-state index in [-0.39, 0.29) is 0 Å². The van der Waals surface area contributed by atoms with Crippen LogP contribution in [0.1, 0.15) is 0 Å². The Balaban J connectivity index is -0.0000000902. The summed E-state index contributed by atoms with van der Waals surface area (Å²) in [7, 11) is 0. The number of hydrogen-bond donors (Lipinski definition) is 4. The van der Waals surface area contributed by atoms with E-state index in [1.54, 1.807) is 0 Å². The number of rotatable bonds is 4. The van der Waals surface area contributed by atoms with Gasteiger partial charge in [-0.25, -0.2) is 0 Å². The van der Waals surface area contributed by atoms with Crippen LogP contribution in [-0.2, 0) is 0 Å². The van der Waals surface area contributed by atoms with Crippen LogP contribution in [0.2, 0.25) is 0 Å². The highest BCUT2D eigenvalue weighted by Gasteiger charge is 2.26. The minimum atomic E-state index is -1.11. The summed E-state index contributed by atoms with van der Waals surface area (Å²) in [5, 5.41) is 34.0. The van der Waals surface area contributed by atoms with Gasteiger partial charge in [0.05, 0.1) is 31.8 Å². The molecular formula is C5H12N9O4-3. The van der Waals surface area contributed by atoms with Crippen LogP contribution < -0.4 is 0 Å². The Morgan fingerprint density at radius 3 is 0.667 bits per heavy atom. The molecule has 0 fully saturated rings. The van der Waals surface area contributed by atoms with Crippen molar-refractivity contribution >= 4 is 0 Å². The SMILES string of the molecule is OCC(CO)(CO)CO.[N-]=[N+]=[N-].[N-]=[N+]=[N-].[N-]=[N+]=[N-]. The summed E-state index contributed by atoms with van der Waals surface area (Å²) in [6.07, 6.45) is 0. The molecule has 13 nitrogen and oxygen atoms in total. The fourth-order valence-corrected chi connectivity index (χ4v) is 0.300.